The maximum atomic E-state index is 14.1. The number of para-hydroxylation sites is 1. The van der Waals surface area contributed by atoms with Gasteiger partial charge >= 0.3 is 6.18 Å². The van der Waals surface area contributed by atoms with Gasteiger partial charge in [0.15, 0.2) is 5.69 Å². The summed E-state index contributed by atoms with van der Waals surface area (Å²) in [6.45, 7) is 4.78. The molecule has 0 bridgehead atoms. The van der Waals surface area contributed by atoms with Crippen LogP contribution in [0.1, 0.15) is 41.0 Å². The smallest absolute Gasteiger partial charge is 0.348 e. The Morgan fingerprint density at radius 3 is 2.34 bits per heavy atom. The molecule has 0 aliphatic rings. The quantitative estimate of drug-likeness (QED) is 0.529. The van der Waals surface area contributed by atoms with E-state index in [0.29, 0.717) is 17.3 Å². The van der Waals surface area contributed by atoms with E-state index in [1.807, 2.05) is 25.2 Å². The van der Waals surface area contributed by atoms with Crippen LogP contribution in [0.5, 0.6) is 0 Å². The monoisotopic (exact) mass is 448 g/mol. The lowest BCUT2D eigenvalue weighted by Crippen LogP contribution is -2.28. The van der Waals surface area contributed by atoms with Crippen LogP contribution in [0.25, 0.3) is 5.69 Å². The Labute approximate surface area is 183 Å². The average Bonchev–Trinajstić information content (AvgIpc) is 3.19. The maximum absolute atomic E-state index is 14.1. The van der Waals surface area contributed by atoms with E-state index in [1.165, 1.54) is 18.2 Å². The molecule has 3 rings (SSSR count). The van der Waals surface area contributed by atoms with Crippen molar-refractivity contribution in [2.45, 2.75) is 39.2 Å². The number of carbonyl (C=O) groups is 1. The number of nitrogens with zero attached hydrogens (tertiary/aromatic N) is 3. The third-order valence-electron chi connectivity index (χ3n) is 5.22. The first-order valence-corrected chi connectivity index (χ1v) is 10.0. The first-order chi connectivity index (χ1) is 15.1. The van der Waals surface area contributed by atoms with Crippen molar-refractivity contribution in [2.24, 2.45) is 0 Å². The summed E-state index contributed by atoms with van der Waals surface area (Å²) in [6, 6.07) is 12.7. The molecule has 0 atom stereocenters. The molecule has 1 aromatic heterocycles. The fraction of sp³-hybridized carbons (Fsp3) is 0.304. The van der Waals surface area contributed by atoms with E-state index in [0.717, 1.165) is 23.4 Å². The number of amides is 1. The number of hydrogen-bond acceptors (Lipinski definition) is 3. The van der Waals surface area contributed by atoms with Crippen molar-refractivity contribution in [3.05, 3.63) is 82.9 Å². The van der Waals surface area contributed by atoms with Gasteiger partial charge in [-0.15, -0.1) is 0 Å². The van der Waals surface area contributed by atoms with Gasteiger partial charge < -0.3 is 5.32 Å². The van der Waals surface area contributed by atoms with Crippen LogP contribution in [0.3, 0.4) is 0 Å². The highest BCUT2D eigenvalue weighted by atomic mass is 19.4. The van der Waals surface area contributed by atoms with E-state index in [4.69, 9.17) is 0 Å². The SMILES string of the molecule is CC(C)N(C)Cc1ccccc1CNC(=O)c1cnn(-c2ccccc2F)c1C(F)(F)F. The minimum absolute atomic E-state index is 0.0448. The zero-order valence-electron chi connectivity index (χ0n) is 17.9. The number of rotatable bonds is 7. The van der Waals surface area contributed by atoms with Gasteiger partial charge in [-0.3, -0.25) is 9.69 Å². The zero-order chi connectivity index (χ0) is 23.5. The molecule has 3 aromatic rings. The lowest BCUT2D eigenvalue weighted by Gasteiger charge is -2.22. The van der Waals surface area contributed by atoms with Gasteiger partial charge in [-0.2, -0.15) is 18.3 Å². The van der Waals surface area contributed by atoms with Crippen molar-refractivity contribution in [3.8, 4) is 5.69 Å². The molecule has 1 N–H and O–H groups in total. The van der Waals surface area contributed by atoms with Crippen LogP contribution in [-0.4, -0.2) is 33.7 Å². The summed E-state index contributed by atoms with van der Waals surface area (Å²) in [7, 11) is 1.97. The van der Waals surface area contributed by atoms with Crippen molar-refractivity contribution in [1.29, 1.82) is 0 Å². The number of benzene rings is 2. The average molecular weight is 448 g/mol. The van der Waals surface area contributed by atoms with Crippen molar-refractivity contribution in [2.75, 3.05) is 7.05 Å². The van der Waals surface area contributed by atoms with Crippen LogP contribution in [0.4, 0.5) is 17.6 Å². The standard InChI is InChI=1S/C23H24F4N4O/c1-15(2)30(3)14-17-9-5-4-8-16(17)12-28-22(32)18-13-29-31(21(18)23(25,26)27)20-11-7-6-10-19(20)24/h4-11,13,15H,12,14H2,1-3H3,(H,28,32). The molecule has 1 heterocycles. The van der Waals surface area contributed by atoms with Crippen molar-refractivity contribution in [1.82, 2.24) is 20.0 Å². The van der Waals surface area contributed by atoms with Gasteiger partial charge in [-0.1, -0.05) is 36.4 Å². The molecule has 0 fully saturated rings. The second kappa shape index (κ2) is 9.52. The summed E-state index contributed by atoms with van der Waals surface area (Å²) in [6.07, 6.45) is -4.10. The molecule has 32 heavy (non-hydrogen) atoms. The number of halogens is 4. The Morgan fingerprint density at radius 2 is 1.72 bits per heavy atom. The van der Waals surface area contributed by atoms with Gasteiger partial charge in [0, 0.05) is 19.1 Å². The van der Waals surface area contributed by atoms with Gasteiger partial charge in [0.25, 0.3) is 5.91 Å². The molecule has 0 unspecified atom stereocenters. The molecule has 0 spiro atoms. The molecule has 5 nitrogen and oxygen atoms in total. The maximum Gasteiger partial charge on any atom is 0.434 e. The van der Waals surface area contributed by atoms with Crippen LogP contribution in [0.2, 0.25) is 0 Å². The number of alkyl halides is 3. The Morgan fingerprint density at radius 1 is 1.09 bits per heavy atom. The predicted molar refractivity (Wildman–Crippen MR) is 113 cm³/mol. The van der Waals surface area contributed by atoms with Crippen molar-refractivity contribution in [3.63, 3.8) is 0 Å². The molecule has 0 aliphatic carbocycles. The minimum atomic E-state index is -4.91. The van der Waals surface area contributed by atoms with Crippen LogP contribution >= 0.6 is 0 Å². The normalized spacial score (nSPS) is 11.9. The first-order valence-electron chi connectivity index (χ1n) is 10.0. The Kier molecular flexibility index (Phi) is 6.98. The van der Waals surface area contributed by atoms with E-state index in [2.05, 4.69) is 29.2 Å². The summed E-state index contributed by atoms with van der Waals surface area (Å²) >= 11 is 0. The highest BCUT2D eigenvalue weighted by Gasteiger charge is 2.41. The number of aromatic nitrogens is 2. The summed E-state index contributed by atoms with van der Waals surface area (Å²) in [5.41, 5.74) is -0.628. The molecule has 0 radical (unpaired) electrons. The molecular formula is C23H24F4N4O. The molecular weight excluding hydrogens is 424 g/mol. The van der Waals surface area contributed by atoms with E-state index in [-0.39, 0.29) is 12.2 Å². The molecule has 1 amide bonds. The Hall–Kier alpha value is -3.20. The number of carbonyl (C=O) groups excluding carboxylic acids is 1. The van der Waals surface area contributed by atoms with Crippen LogP contribution < -0.4 is 5.32 Å². The van der Waals surface area contributed by atoms with Crippen molar-refractivity contribution < 1.29 is 22.4 Å². The topological polar surface area (TPSA) is 50.2 Å². The summed E-state index contributed by atoms with van der Waals surface area (Å²) < 4.78 is 55.9. The van der Waals surface area contributed by atoms with Gasteiger partial charge in [0.2, 0.25) is 0 Å². The van der Waals surface area contributed by atoms with E-state index in [1.54, 1.807) is 6.07 Å². The van der Waals surface area contributed by atoms with E-state index >= 15 is 0 Å². The van der Waals surface area contributed by atoms with E-state index < -0.39 is 29.2 Å². The van der Waals surface area contributed by atoms with Crippen LogP contribution in [-0.2, 0) is 19.3 Å². The lowest BCUT2D eigenvalue weighted by atomic mass is 10.1. The number of hydrogen-bond donors (Lipinski definition) is 1. The van der Waals surface area contributed by atoms with Gasteiger partial charge in [-0.25, -0.2) is 9.07 Å². The first kappa shape index (κ1) is 23.5. The van der Waals surface area contributed by atoms with Gasteiger partial charge in [-0.05, 0) is 44.2 Å². The summed E-state index contributed by atoms with van der Waals surface area (Å²) in [5, 5.41) is 6.20. The van der Waals surface area contributed by atoms with E-state index in [9.17, 15) is 22.4 Å². The van der Waals surface area contributed by atoms with Crippen molar-refractivity contribution >= 4 is 5.91 Å². The van der Waals surface area contributed by atoms with Crippen LogP contribution in [0, 0.1) is 5.82 Å². The lowest BCUT2D eigenvalue weighted by molar-refractivity contribution is -0.143. The molecule has 0 saturated heterocycles. The molecule has 170 valence electrons. The summed E-state index contributed by atoms with van der Waals surface area (Å²) in [5.74, 6) is -1.82. The fourth-order valence-corrected chi connectivity index (χ4v) is 3.20. The largest absolute Gasteiger partial charge is 0.434 e. The second-order valence-electron chi connectivity index (χ2n) is 7.73. The van der Waals surface area contributed by atoms with Gasteiger partial charge in [0.05, 0.1) is 11.8 Å². The molecule has 9 heteroatoms. The number of nitrogens with one attached hydrogen (secondary N) is 1. The Balaban J connectivity index is 1.87. The Bertz CT molecular complexity index is 1090. The predicted octanol–water partition coefficient (Wildman–Crippen LogP) is 4.80. The minimum Gasteiger partial charge on any atom is -0.348 e. The third kappa shape index (κ3) is 5.16. The molecule has 0 aliphatic heterocycles. The van der Waals surface area contributed by atoms with Crippen LogP contribution in [0.15, 0.2) is 54.7 Å². The highest BCUT2D eigenvalue weighted by molar-refractivity contribution is 5.95. The molecule has 2 aromatic carbocycles. The second-order valence-corrected chi connectivity index (χ2v) is 7.73. The molecule has 0 saturated carbocycles. The highest BCUT2D eigenvalue weighted by Crippen LogP contribution is 2.34. The zero-order valence-corrected chi connectivity index (χ0v) is 17.9. The third-order valence-corrected chi connectivity index (χ3v) is 5.22. The summed E-state index contributed by atoms with van der Waals surface area (Å²) in [4.78, 5) is 14.8. The van der Waals surface area contributed by atoms with Gasteiger partial charge in [0.1, 0.15) is 11.5 Å². The fourth-order valence-electron chi connectivity index (χ4n) is 3.20.